The minimum atomic E-state index is 0.105. The summed E-state index contributed by atoms with van der Waals surface area (Å²) in [6, 6.07) is 16.6. The van der Waals surface area contributed by atoms with Crippen molar-refractivity contribution in [2.75, 3.05) is 6.54 Å². The summed E-state index contributed by atoms with van der Waals surface area (Å²) < 4.78 is 1.99. The normalized spacial score (nSPS) is 10.8. The molecule has 0 saturated carbocycles. The highest BCUT2D eigenvalue weighted by Gasteiger charge is 1.98. The molecule has 0 atom stereocenters. The molecule has 0 bridgehead atoms. The van der Waals surface area contributed by atoms with Crippen molar-refractivity contribution in [3.05, 3.63) is 83.9 Å². The van der Waals surface area contributed by atoms with E-state index in [0.717, 1.165) is 30.8 Å². The standard InChI is InChI=1S/C19H21N3O/c23-14-18-3-1-16(2-4-18)9-10-20-13-17-5-7-19(8-6-17)22-12-11-21-15-22/h1-8,11-12,15,20,23H,9-10,13-14H2. The van der Waals surface area contributed by atoms with Crippen molar-refractivity contribution in [1.82, 2.24) is 14.9 Å². The second-order valence-corrected chi connectivity index (χ2v) is 5.54. The molecule has 0 aliphatic rings. The highest BCUT2D eigenvalue weighted by atomic mass is 16.3. The Bertz CT molecular complexity index is 703. The van der Waals surface area contributed by atoms with Crippen LogP contribution < -0.4 is 5.32 Å². The molecular weight excluding hydrogens is 286 g/mol. The van der Waals surface area contributed by atoms with E-state index in [1.807, 2.05) is 22.9 Å². The van der Waals surface area contributed by atoms with Gasteiger partial charge in [0.05, 0.1) is 12.9 Å². The van der Waals surface area contributed by atoms with Crippen molar-refractivity contribution in [2.45, 2.75) is 19.6 Å². The molecule has 0 fully saturated rings. The fourth-order valence-electron chi connectivity index (χ4n) is 2.47. The van der Waals surface area contributed by atoms with E-state index in [9.17, 15) is 0 Å². The Morgan fingerprint density at radius 3 is 2.26 bits per heavy atom. The third-order valence-electron chi connectivity index (χ3n) is 3.86. The van der Waals surface area contributed by atoms with Gasteiger partial charge in [-0.05, 0) is 41.8 Å². The molecule has 1 heterocycles. The lowest BCUT2D eigenvalue weighted by atomic mass is 10.1. The maximum Gasteiger partial charge on any atom is 0.0991 e. The number of aliphatic hydroxyl groups is 1. The van der Waals surface area contributed by atoms with Gasteiger partial charge in [-0.15, -0.1) is 0 Å². The van der Waals surface area contributed by atoms with Crippen LogP contribution in [0, 0.1) is 0 Å². The molecular formula is C19H21N3O. The lowest BCUT2D eigenvalue weighted by Gasteiger charge is -2.07. The van der Waals surface area contributed by atoms with Crippen LogP contribution in [0.2, 0.25) is 0 Å². The van der Waals surface area contributed by atoms with Gasteiger partial charge in [-0.1, -0.05) is 36.4 Å². The Hall–Kier alpha value is -2.43. The molecule has 0 amide bonds. The minimum absolute atomic E-state index is 0.105. The summed E-state index contributed by atoms with van der Waals surface area (Å²) in [6.07, 6.45) is 6.51. The lowest BCUT2D eigenvalue weighted by Crippen LogP contribution is -2.16. The topological polar surface area (TPSA) is 50.1 Å². The SMILES string of the molecule is OCc1ccc(CCNCc2ccc(-n3ccnc3)cc2)cc1. The Kier molecular flexibility index (Phi) is 5.19. The Morgan fingerprint density at radius 1 is 0.913 bits per heavy atom. The number of nitrogens with zero attached hydrogens (tertiary/aromatic N) is 2. The molecule has 0 radical (unpaired) electrons. The van der Waals surface area contributed by atoms with Crippen LogP contribution in [0.3, 0.4) is 0 Å². The zero-order valence-corrected chi connectivity index (χ0v) is 13.0. The fraction of sp³-hybridized carbons (Fsp3) is 0.211. The van der Waals surface area contributed by atoms with Crippen molar-refractivity contribution < 1.29 is 5.11 Å². The second-order valence-electron chi connectivity index (χ2n) is 5.54. The number of nitrogens with one attached hydrogen (secondary N) is 1. The second kappa shape index (κ2) is 7.72. The monoisotopic (exact) mass is 307 g/mol. The molecule has 0 unspecified atom stereocenters. The van der Waals surface area contributed by atoms with E-state index >= 15 is 0 Å². The number of benzene rings is 2. The van der Waals surface area contributed by atoms with Crippen molar-refractivity contribution in [2.24, 2.45) is 0 Å². The third-order valence-corrected chi connectivity index (χ3v) is 3.86. The van der Waals surface area contributed by atoms with Gasteiger partial charge >= 0.3 is 0 Å². The minimum Gasteiger partial charge on any atom is -0.392 e. The van der Waals surface area contributed by atoms with Crippen LogP contribution >= 0.6 is 0 Å². The van der Waals surface area contributed by atoms with Crippen molar-refractivity contribution in [3.63, 3.8) is 0 Å². The predicted octanol–water partition coefficient (Wildman–Crippen LogP) is 2.70. The van der Waals surface area contributed by atoms with Crippen LogP contribution in [0.25, 0.3) is 5.69 Å². The van der Waals surface area contributed by atoms with Crippen molar-refractivity contribution >= 4 is 0 Å². The Balaban J connectivity index is 1.45. The summed E-state index contributed by atoms with van der Waals surface area (Å²) in [7, 11) is 0. The summed E-state index contributed by atoms with van der Waals surface area (Å²) in [5.41, 5.74) is 4.63. The molecule has 2 N–H and O–H groups in total. The first kappa shape index (κ1) is 15.5. The number of hydrogen-bond donors (Lipinski definition) is 2. The third kappa shape index (κ3) is 4.28. The highest BCUT2D eigenvalue weighted by molar-refractivity contribution is 5.34. The van der Waals surface area contributed by atoms with Gasteiger partial charge in [0, 0.05) is 24.6 Å². The van der Waals surface area contributed by atoms with Crippen LogP contribution in [-0.4, -0.2) is 21.2 Å². The van der Waals surface area contributed by atoms with E-state index in [0.29, 0.717) is 0 Å². The Morgan fingerprint density at radius 2 is 1.61 bits per heavy atom. The molecule has 3 rings (SSSR count). The molecule has 0 spiro atoms. The van der Waals surface area contributed by atoms with Gasteiger partial charge in [0.15, 0.2) is 0 Å². The van der Waals surface area contributed by atoms with Gasteiger partial charge in [-0.2, -0.15) is 0 Å². The van der Waals surface area contributed by atoms with Gasteiger partial charge in [-0.3, -0.25) is 0 Å². The molecule has 2 aromatic carbocycles. The average Bonchev–Trinajstić information content (AvgIpc) is 3.14. The van der Waals surface area contributed by atoms with Gasteiger partial charge in [0.25, 0.3) is 0 Å². The fourth-order valence-corrected chi connectivity index (χ4v) is 2.47. The maximum absolute atomic E-state index is 9.03. The maximum atomic E-state index is 9.03. The van der Waals surface area contributed by atoms with E-state index in [1.54, 1.807) is 12.5 Å². The summed E-state index contributed by atoms with van der Waals surface area (Å²) in [5.74, 6) is 0. The van der Waals surface area contributed by atoms with E-state index in [2.05, 4.69) is 46.7 Å². The summed E-state index contributed by atoms with van der Waals surface area (Å²) in [4.78, 5) is 4.06. The molecule has 23 heavy (non-hydrogen) atoms. The molecule has 0 aliphatic heterocycles. The van der Waals surface area contributed by atoms with Gasteiger partial charge in [0.1, 0.15) is 0 Å². The first-order valence-corrected chi connectivity index (χ1v) is 7.82. The van der Waals surface area contributed by atoms with E-state index in [4.69, 9.17) is 5.11 Å². The lowest BCUT2D eigenvalue weighted by molar-refractivity contribution is 0.282. The molecule has 118 valence electrons. The van der Waals surface area contributed by atoms with E-state index in [-0.39, 0.29) is 6.61 Å². The molecule has 1 aromatic heterocycles. The summed E-state index contributed by atoms with van der Waals surface area (Å²) >= 11 is 0. The van der Waals surface area contributed by atoms with Crippen molar-refractivity contribution in [3.8, 4) is 5.69 Å². The first-order chi connectivity index (χ1) is 11.3. The summed E-state index contributed by atoms with van der Waals surface area (Å²) in [5, 5.41) is 12.5. The molecule has 4 nitrogen and oxygen atoms in total. The largest absolute Gasteiger partial charge is 0.392 e. The number of rotatable bonds is 7. The quantitative estimate of drug-likeness (QED) is 0.660. The number of imidazole rings is 1. The van der Waals surface area contributed by atoms with Crippen LogP contribution in [0.15, 0.2) is 67.3 Å². The van der Waals surface area contributed by atoms with Crippen LogP contribution in [-0.2, 0) is 19.6 Å². The molecule has 0 saturated heterocycles. The van der Waals surface area contributed by atoms with Crippen molar-refractivity contribution in [1.29, 1.82) is 0 Å². The van der Waals surface area contributed by atoms with Crippen LogP contribution in [0.4, 0.5) is 0 Å². The number of hydrogen-bond acceptors (Lipinski definition) is 3. The predicted molar refractivity (Wildman–Crippen MR) is 91.3 cm³/mol. The molecule has 4 heteroatoms. The van der Waals surface area contributed by atoms with Gasteiger partial charge in [-0.25, -0.2) is 4.98 Å². The average molecular weight is 307 g/mol. The number of aliphatic hydroxyl groups excluding tert-OH is 1. The summed E-state index contributed by atoms with van der Waals surface area (Å²) in [6.45, 7) is 1.90. The Labute approximate surface area is 136 Å². The van der Waals surface area contributed by atoms with Gasteiger partial charge < -0.3 is 15.0 Å². The van der Waals surface area contributed by atoms with Crippen LogP contribution in [0.1, 0.15) is 16.7 Å². The molecule has 3 aromatic rings. The zero-order chi connectivity index (χ0) is 15.9. The smallest absolute Gasteiger partial charge is 0.0991 e. The van der Waals surface area contributed by atoms with E-state index in [1.165, 1.54) is 11.1 Å². The van der Waals surface area contributed by atoms with Crippen LogP contribution in [0.5, 0.6) is 0 Å². The molecule has 0 aliphatic carbocycles. The zero-order valence-electron chi connectivity index (χ0n) is 13.0. The highest BCUT2D eigenvalue weighted by Crippen LogP contribution is 2.09. The van der Waals surface area contributed by atoms with E-state index < -0.39 is 0 Å². The first-order valence-electron chi connectivity index (χ1n) is 7.82. The van der Waals surface area contributed by atoms with Gasteiger partial charge in [0.2, 0.25) is 0 Å². The number of aromatic nitrogens is 2.